The molecule has 1 rings (SSSR count). The van der Waals surface area contributed by atoms with E-state index < -0.39 is 10.0 Å². The van der Waals surface area contributed by atoms with Gasteiger partial charge < -0.3 is 14.5 Å². The van der Waals surface area contributed by atoms with Crippen molar-refractivity contribution in [1.29, 1.82) is 0 Å². The summed E-state index contributed by atoms with van der Waals surface area (Å²) in [5.41, 5.74) is 0. The largest absolute Gasteiger partial charge is 0.447 e. The minimum absolute atomic E-state index is 0.0322. The smallest absolute Gasteiger partial charge is 0.275 e. The highest BCUT2D eigenvalue weighted by Crippen LogP contribution is 2.17. The van der Waals surface area contributed by atoms with E-state index in [9.17, 15) is 8.42 Å². The van der Waals surface area contributed by atoms with E-state index in [0.29, 0.717) is 31.4 Å². The van der Waals surface area contributed by atoms with E-state index in [4.69, 9.17) is 9.15 Å². The Balaban J connectivity index is 2.66. The first-order valence-electron chi connectivity index (χ1n) is 7.11. The molecule has 1 N–H and O–H groups in total. The Morgan fingerprint density at radius 1 is 1.33 bits per heavy atom. The highest BCUT2D eigenvalue weighted by molar-refractivity contribution is 7.88. The number of nitrogens with zero attached hydrogens (tertiary/aromatic N) is 1. The van der Waals surface area contributed by atoms with Crippen molar-refractivity contribution >= 4 is 10.0 Å². The van der Waals surface area contributed by atoms with Gasteiger partial charge >= 0.3 is 0 Å². The van der Waals surface area contributed by atoms with E-state index in [2.05, 4.69) is 19.2 Å². The second kappa shape index (κ2) is 7.93. The molecule has 1 aromatic heterocycles. The topological polar surface area (TPSA) is 71.8 Å². The maximum absolute atomic E-state index is 11.9. The Morgan fingerprint density at radius 3 is 2.52 bits per heavy atom. The predicted molar refractivity (Wildman–Crippen MR) is 81.5 cm³/mol. The number of rotatable bonds is 9. The van der Waals surface area contributed by atoms with Crippen LogP contribution in [0.25, 0.3) is 0 Å². The molecule has 1 heterocycles. The molecule has 122 valence electrons. The van der Waals surface area contributed by atoms with Gasteiger partial charge in [-0.3, -0.25) is 0 Å². The van der Waals surface area contributed by atoms with E-state index in [1.165, 1.54) is 20.2 Å². The molecular weight excluding hydrogens is 292 g/mol. The van der Waals surface area contributed by atoms with Gasteiger partial charge in [0.05, 0.1) is 13.2 Å². The molecule has 21 heavy (non-hydrogen) atoms. The molecule has 0 aliphatic heterocycles. The molecule has 0 fully saturated rings. The summed E-state index contributed by atoms with van der Waals surface area (Å²) >= 11 is 0. The van der Waals surface area contributed by atoms with Crippen LogP contribution in [0.15, 0.2) is 21.6 Å². The maximum atomic E-state index is 11.9. The van der Waals surface area contributed by atoms with Gasteiger partial charge in [0.15, 0.2) is 0 Å². The molecule has 0 amide bonds. The fourth-order valence-corrected chi connectivity index (χ4v) is 2.55. The van der Waals surface area contributed by atoms with Crippen LogP contribution in [0.4, 0.5) is 0 Å². The zero-order valence-corrected chi connectivity index (χ0v) is 14.2. The van der Waals surface area contributed by atoms with Crippen LogP contribution in [-0.4, -0.2) is 46.1 Å². The third kappa shape index (κ3) is 5.10. The number of hydrogen-bond acceptors (Lipinski definition) is 5. The Kier molecular flexibility index (Phi) is 6.86. The Morgan fingerprint density at radius 2 is 2.00 bits per heavy atom. The van der Waals surface area contributed by atoms with Crippen molar-refractivity contribution in [3.63, 3.8) is 0 Å². The molecule has 0 bridgehead atoms. The highest BCUT2D eigenvalue weighted by atomic mass is 32.2. The molecule has 0 radical (unpaired) electrons. The number of nitrogens with one attached hydrogen (secondary N) is 1. The zero-order chi connectivity index (χ0) is 16.0. The van der Waals surface area contributed by atoms with Crippen LogP contribution in [0, 0.1) is 5.92 Å². The average molecular weight is 318 g/mol. The molecule has 6 nitrogen and oxygen atoms in total. The van der Waals surface area contributed by atoms with Crippen molar-refractivity contribution in [2.24, 2.45) is 5.92 Å². The van der Waals surface area contributed by atoms with Crippen molar-refractivity contribution < 1.29 is 17.6 Å². The molecule has 1 atom stereocenters. The van der Waals surface area contributed by atoms with E-state index in [-0.39, 0.29) is 11.1 Å². The van der Waals surface area contributed by atoms with Gasteiger partial charge in [-0.25, -0.2) is 12.7 Å². The van der Waals surface area contributed by atoms with Gasteiger partial charge in [-0.15, -0.1) is 0 Å². The Labute approximate surface area is 127 Å². The molecule has 0 spiro atoms. The monoisotopic (exact) mass is 318 g/mol. The van der Waals surface area contributed by atoms with Crippen molar-refractivity contribution in [3.8, 4) is 0 Å². The summed E-state index contributed by atoms with van der Waals surface area (Å²) in [5, 5.41) is 3.30. The summed E-state index contributed by atoms with van der Waals surface area (Å²) in [6.07, 6.45) is 0. The fourth-order valence-electron chi connectivity index (χ4n) is 1.74. The van der Waals surface area contributed by atoms with Crippen LogP contribution in [0.1, 0.15) is 26.5 Å². The van der Waals surface area contributed by atoms with E-state index in [0.717, 1.165) is 4.31 Å². The van der Waals surface area contributed by atoms with Crippen molar-refractivity contribution in [1.82, 2.24) is 9.62 Å². The standard InChI is InChI=1S/C14H26N2O4S/c1-6-19-10-13(11(2)3)15-9-12-7-8-14(20-12)21(17,18)16(4)5/h7-8,11,13,15H,6,9-10H2,1-5H3. The third-order valence-corrected chi connectivity index (χ3v) is 4.91. The number of ether oxygens (including phenoxy) is 1. The average Bonchev–Trinajstić information content (AvgIpc) is 2.87. The van der Waals surface area contributed by atoms with Crippen molar-refractivity contribution in [3.05, 3.63) is 17.9 Å². The van der Waals surface area contributed by atoms with Crippen molar-refractivity contribution in [2.75, 3.05) is 27.3 Å². The third-order valence-electron chi connectivity index (χ3n) is 3.22. The summed E-state index contributed by atoms with van der Waals surface area (Å²) in [7, 11) is -0.553. The summed E-state index contributed by atoms with van der Waals surface area (Å²) in [6, 6.07) is 3.37. The molecule has 0 aliphatic rings. The highest BCUT2D eigenvalue weighted by Gasteiger charge is 2.22. The normalized spacial score (nSPS) is 14.0. The maximum Gasteiger partial charge on any atom is 0.275 e. The van der Waals surface area contributed by atoms with Gasteiger partial charge in [0.2, 0.25) is 5.09 Å². The summed E-state index contributed by atoms with van der Waals surface area (Å²) < 4.78 is 35.8. The summed E-state index contributed by atoms with van der Waals surface area (Å²) in [5.74, 6) is 1.01. The van der Waals surface area contributed by atoms with Crippen LogP contribution in [0.3, 0.4) is 0 Å². The lowest BCUT2D eigenvalue weighted by atomic mass is 10.1. The molecule has 0 saturated carbocycles. The van der Waals surface area contributed by atoms with Crippen LogP contribution in [0.5, 0.6) is 0 Å². The number of hydrogen-bond donors (Lipinski definition) is 1. The predicted octanol–water partition coefficient (Wildman–Crippen LogP) is 1.68. The van der Waals surface area contributed by atoms with E-state index >= 15 is 0 Å². The Hall–Kier alpha value is -0.890. The molecule has 1 aromatic rings. The van der Waals surface area contributed by atoms with Gasteiger partial charge in [-0.05, 0) is 25.0 Å². The second-order valence-electron chi connectivity index (χ2n) is 5.40. The van der Waals surface area contributed by atoms with Crippen LogP contribution in [-0.2, 0) is 21.3 Å². The zero-order valence-electron chi connectivity index (χ0n) is 13.4. The first-order valence-corrected chi connectivity index (χ1v) is 8.55. The second-order valence-corrected chi connectivity index (χ2v) is 7.48. The lowest BCUT2D eigenvalue weighted by molar-refractivity contribution is 0.107. The minimum atomic E-state index is -3.51. The lowest BCUT2D eigenvalue weighted by Gasteiger charge is -2.21. The quantitative estimate of drug-likeness (QED) is 0.750. The van der Waals surface area contributed by atoms with Crippen LogP contribution >= 0.6 is 0 Å². The van der Waals surface area contributed by atoms with Gasteiger partial charge in [-0.2, -0.15) is 0 Å². The first kappa shape index (κ1) is 18.2. The van der Waals surface area contributed by atoms with Crippen molar-refractivity contribution in [2.45, 2.75) is 38.5 Å². The van der Waals surface area contributed by atoms with Gasteiger partial charge in [0.1, 0.15) is 5.76 Å². The minimum Gasteiger partial charge on any atom is -0.447 e. The van der Waals surface area contributed by atoms with E-state index in [1.807, 2.05) is 6.92 Å². The number of sulfonamides is 1. The molecular formula is C14H26N2O4S. The van der Waals surface area contributed by atoms with Crippen LogP contribution < -0.4 is 5.32 Å². The Bertz CT molecular complexity index is 523. The molecule has 0 aliphatic carbocycles. The van der Waals surface area contributed by atoms with Gasteiger partial charge in [0, 0.05) is 26.7 Å². The fraction of sp³-hybridized carbons (Fsp3) is 0.714. The van der Waals surface area contributed by atoms with Gasteiger partial charge in [-0.1, -0.05) is 13.8 Å². The van der Waals surface area contributed by atoms with E-state index in [1.54, 1.807) is 6.07 Å². The van der Waals surface area contributed by atoms with Gasteiger partial charge in [0.25, 0.3) is 10.0 Å². The first-order chi connectivity index (χ1) is 9.78. The number of furan rings is 1. The summed E-state index contributed by atoms with van der Waals surface area (Å²) in [4.78, 5) is 0. The molecule has 0 aromatic carbocycles. The van der Waals surface area contributed by atoms with Crippen LogP contribution in [0.2, 0.25) is 0 Å². The lowest BCUT2D eigenvalue weighted by Crippen LogP contribution is -2.37. The SMILES string of the molecule is CCOCC(NCc1ccc(S(=O)(=O)N(C)C)o1)C(C)C. The molecule has 1 unspecified atom stereocenters. The summed E-state index contributed by atoms with van der Waals surface area (Å²) in [6.45, 7) is 7.96. The molecule has 0 saturated heterocycles. The molecule has 7 heteroatoms.